The number of aryl methyl sites for hydroxylation is 4. The zero-order valence-electron chi connectivity index (χ0n) is 15.6. The van der Waals surface area contributed by atoms with Crippen LogP contribution in [-0.2, 0) is 19.3 Å². The standard InChI is InChI=1S/C23H26N2S/c1-16-11-21(22(14-24)13-23(16)25)9-10-26-15-17(2)19-8-7-18-5-3-4-6-20(18)12-19/h7-8,11-13,15H,3-6,9-10,25H2,1-2H3/b17-15+. The molecule has 0 heterocycles. The van der Waals surface area contributed by atoms with Gasteiger partial charge in [-0.05, 0) is 90.8 Å². The van der Waals surface area contributed by atoms with Crippen LogP contribution in [0, 0.1) is 18.3 Å². The van der Waals surface area contributed by atoms with Crippen LogP contribution in [0.1, 0.15) is 53.1 Å². The van der Waals surface area contributed by atoms with Crippen molar-refractivity contribution in [3.05, 3.63) is 69.1 Å². The highest BCUT2D eigenvalue weighted by atomic mass is 32.2. The van der Waals surface area contributed by atoms with E-state index in [4.69, 9.17) is 5.73 Å². The Bertz CT molecular complexity index is 875. The first-order chi connectivity index (χ1) is 12.6. The van der Waals surface area contributed by atoms with Crippen LogP contribution in [0.15, 0.2) is 35.7 Å². The molecule has 0 atom stereocenters. The Hall–Kier alpha value is -2.18. The van der Waals surface area contributed by atoms with E-state index in [-0.39, 0.29) is 0 Å². The highest BCUT2D eigenvalue weighted by Gasteiger charge is 2.10. The Morgan fingerprint density at radius 2 is 1.96 bits per heavy atom. The average Bonchev–Trinajstić information content (AvgIpc) is 2.67. The van der Waals surface area contributed by atoms with E-state index in [2.05, 4.69) is 42.7 Å². The summed E-state index contributed by atoms with van der Waals surface area (Å²) in [6.45, 7) is 4.18. The van der Waals surface area contributed by atoms with Crippen molar-refractivity contribution in [2.45, 2.75) is 46.0 Å². The van der Waals surface area contributed by atoms with Crippen LogP contribution in [0.25, 0.3) is 5.57 Å². The number of thioether (sulfide) groups is 1. The third kappa shape index (κ3) is 4.31. The molecule has 0 bridgehead atoms. The maximum atomic E-state index is 9.30. The third-order valence-electron chi connectivity index (χ3n) is 5.17. The topological polar surface area (TPSA) is 49.8 Å². The summed E-state index contributed by atoms with van der Waals surface area (Å²) in [6.07, 6.45) is 5.97. The molecule has 0 aromatic heterocycles. The molecule has 0 spiro atoms. The molecule has 3 heteroatoms. The molecule has 0 unspecified atom stereocenters. The van der Waals surface area contributed by atoms with E-state index in [9.17, 15) is 5.26 Å². The predicted molar refractivity (Wildman–Crippen MR) is 113 cm³/mol. The van der Waals surface area contributed by atoms with E-state index < -0.39 is 0 Å². The Morgan fingerprint density at radius 1 is 1.19 bits per heavy atom. The quantitative estimate of drug-likeness (QED) is 0.551. The van der Waals surface area contributed by atoms with E-state index >= 15 is 0 Å². The number of nitrogens with two attached hydrogens (primary N) is 1. The summed E-state index contributed by atoms with van der Waals surface area (Å²) in [5, 5.41) is 11.6. The second kappa shape index (κ2) is 8.47. The van der Waals surface area contributed by atoms with Gasteiger partial charge in [0, 0.05) is 11.4 Å². The number of hydrogen-bond acceptors (Lipinski definition) is 3. The van der Waals surface area contributed by atoms with Crippen molar-refractivity contribution < 1.29 is 0 Å². The largest absolute Gasteiger partial charge is 0.398 e. The van der Waals surface area contributed by atoms with Crippen molar-refractivity contribution in [3.63, 3.8) is 0 Å². The van der Waals surface area contributed by atoms with Gasteiger partial charge in [-0.2, -0.15) is 5.26 Å². The molecule has 0 radical (unpaired) electrons. The first kappa shape index (κ1) is 18.6. The fourth-order valence-electron chi connectivity index (χ4n) is 3.49. The molecule has 1 aliphatic rings. The molecule has 134 valence electrons. The fraction of sp³-hybridized carbons (Fsp3) is 0.348. The zero-order chi connectivity index (χ0) is 18.5. The maximum Gasteiger partial charge on any atom is 0.0995 e. The molecule has 1 aliphatic carbocycles. The van der Waals surface area contributed by atoms with Gasteiger partial charge in [-0.15, -0.1) is 11.8 Å². The van der Waals surface area contributed by atoms with Crippen molar-refractivity contribution in [2.75, 3.05) is 11.5 Å². The molecular weight excluding hydrogens is 336 g/mol. The highest BCUT2D eigenvalue weighted by molar-refractivity contribution is 8.02. The van der Waals surface area contributed by atoms with E-state index in [1.807, 2.05) is 18.7 Å². The summed E-state index contributed by atoms with van der Waals surface area (Å²) in [6, 6.07) is 13.0. The summed E-state index contributed by atoms with van der Waals surface area (Å²) in [5.74, 6) is 0.959. The molecule has 2 aromatic carbocycles. The number of allylic oxidation sites excluding steroid dienone is 1. The van der Waals surface area contributed by atoms with Crippen LogP contribution < -0.4 is 5.73 Å². The summed E-state index contributed by atoms with van der Waals surface area (Å²) < 4.78 is 0. The number of benzene rings is 2. The minimum Gasteiger partial charge on any atom is -0.398 e. The summed E-state index contributed by atoms with van der Waals surface area (Å²) in [5.41, 5.74) is 15.1. The highest BCUT2D eigenvalue weighted by Crippen LogP contribution is 2.27. The summed E-state index contributed by atoms with van der Waals surface area (Å²) in [7, 11) is 0. The van der Waals surface area contributed by atoms with Crippen molar-refractivity contribution in [1.82, 2.24) is 0 Å². The Kier molecular flexibility index (Phi) is 6.06. The molecule has 2 aromatic rings. The lowest BCUT2D eigenvalue weighted by atomic mass is 9.89. The molecule has 26 heavy (non-hydrogen) atoms. The minimum absolute atomic E-state index is 0.695. The lowest BCUT2D eigenvalue weighted by molar-refractivity contribution is 0.685. The number of nitrogen functional groups attached to an aromatic ring is 1. The summed E-state index contributed by atoms with van der Waals surface area (Å²) >= 11 is 1.81. The van der Waals surface area contributed by atoms with Crippen LogP contribution in [-0.4, -0.2) is 5.75 Å². The van der Waals surface area contributed by atoms with E-state index in [0.717, 1.165) is 23.3 Å². The molecular formula is C23H26N2S. The van der Waals surface area contributed by atoms with E-state index in [1.54, 1.807) is 6.07 Å². The lowest BCUT2D eigenvalue weighted by Gasteiger charge is -2.16. The van der Waals surface area contributed by atoms with Gasteiger partial charge in [0.2, 0.25) is 0 Å². The molecule has 2 N–H and O–H groups in total. The Balaban J connectivity index is 1.62. The van der Waals surface area contributed by atoms with Gasteiger partial charge >= 0.3 is 0 Å². The Labute approximate surface area is 161 Å². The number of fused-ring (bicyclic) bond motifs is 1. The Morgan fingerprint density at radius 3 is 2.73 bits per heavy atom. The smallest absolute Gasteiger partial charge is 0.0995 e. The van der Waals surface area contributed by atoms with Gasteiger partial charge in [0.05, 0.1) is 11.6 Å². The van der Waals surface area contributed by atoms with E-state index in [0.29, 0.717) is 11.3 Å². The van der Waals surface area contributed by atoms with E-state index in [1.165, 1.54) is 47.9 Å². The van der Waals surface area contributed by atoms with Gasteiger partial charge in [-0.1, -0.05) is 24.3 Å². The van der Waals surface area contributed by atoms with Gasteiger partial charge in [-0.25, -0.2) is 0 Å². The molecule has 0 amide bonds. The van der Waals surface area contributed by atoms with Crippen LogP contribution in [0.4, 0.5) is 5.69 Å². The molecule has 2 nitrogen and oxygen atoms in total. The molecule has 0 saturated heterocycles. The molecule has 0 fully saturated rings. The van der Waals surface area contributed by atoms with Crippen LogP contribution >= 0.6 is 11.8 Å². The fourth-order valence-corrected chi connectivity index (χ4v) is 4.34. The van der Waals surface area contributed by atoms with Crippen LogP contribution in [0.3, 0.4) is 0 Å². The molecule has 0 saturated carbocycles. The first-order valence-electron chi connectivity index (χ1n) is 9.28. The second-order valence-electron chi connectivity index (χ2n) is 7.09. The monoisotopic (exact) mass is 362 g/mol. The van der Waals surface area contributed by atoms with Crippen molar-refractivity contribution in [1.29, 1.82) is 5.26 Å². The van der Waals surface area contributed by atoms with Gasteiger partial charge < -0.3 is 5.73 Å². The van der Waals surface area contributed by atoms with Crippen LogP contribution in [0.5, 0.6) is 0 Å². The number of nitriles is 1. The van der Waals surface area contributed by atoms with Gasteiger partial charge in [0.15, 0.2) is 0 Å². The normalized spacial score (nSPS) is 14.0. The lowest BCUT2D eigenvalue weighted by Crippen LogP contribution is -2.02. The summed E-state index contributed by atoms with van der Waals surface area (Å²) in [4.78, 5) is 0. The number of rotatable bonds is 5. The minimum atomic E-state index is 0.695. The molecule has 3 rings (SSSR count). The SMILES string of the molecule is C/C(=C\SCCc1cc(C)c(N)cc1C#N)c1ccc2c(c1)CCCC2. The number of hydrogen-bond donors (Lipinski definition) is 1. The third-order valence-corrected chi connectivity index (χ3v) is 6.13. The first-order valence-corrected chi connectivity index (χ1v) is 10.3. The van der Waals surface area contributed by atoms with Crippen molar-refractivity contribution in [3.8, 4) is 6.07 Å². The average molecular weight is 363 g/mol. The number of nitrogens with zero attached hydrogens (tertiary/aromatic N) is 1. The maximum absolute atomic E-state index is 9.30. The number of anilines is 1. The molecule has 0 aliphatic heterocycles. The van der Waals surface area contributed by atoms with Crippen molar-refractivity contribution in [2.24, 2.45) is 0 Å². The van der Waals surface area contributed by atoms with Crippen molar-refractivity contribution >= 4 is 23.0 Å². The second-order valence-corrected chi connectivity index (χ2v) is 8.07. The van der Waals surface area contributed by atoms with Gasteiger partial charge in [0.1, 0.15) is 0 Å². The van der Waals surface area contributed by atoms with Gasteiger partial charge in [-0.3, -0.25) is 0 Å². The van der Waals surface area contributed by atoms with Crippen LogP contribution in [0.2, 0.25) is 0 Å². The predicted octanol–water partition coefficient (Wildman–Crippen LogP) is 5.66. The van der Waals surface area contributed by atoms with Gasteiger partial charge in [0.25, 0.3) is 0 Å². The zero-order valence-corrected chi connectivity index (χ0v) is 16.5.